The molecule has 2 heterocycles. The van der Waals surface area contributed by atoms with Crippen LogP contribution in [-0.2, 0) is 16.2 Å². The largest absolute Gasteiger partial charge is 0.416 e. The molecular weight excluding hydrogens is 483 g/mol. The Balaban J connectivity index is 1.68. The van der Waals surface area contributed by atoms with Crippen LogP contribution < -0.4 is 15.9 Å². The third-order valence-electron chi connectivity index (χ3n) is 4.65. The standard InChI is InChI=1S/C20H13ClF3N5O3S/c21-14-6-1-11(20(22,23)24)9-16(14)33(31,32)28-12-2-4-13(5-3-12)29-8-7-15(30)17-18(25)26-10-27-19(17)29/h1-10,28H,(H2,25,26,27). The fourth-order valence-electron chi connectivity index (χ4n) is 3.10. The van der Waals surface area contributed by atoms with Crippen molar-refractivity contribution in [3.8, 4) is 5.69 Å². The first kappa shape index (κ1) is 22.6. The highest BCUT2D eigenvalue weighted by Crippen LogP contribution is 2.34. The van der Waals surface area contributed by atoms with Crippen LogP contribution in [0.2, 0.25) is 5.02 Å². The summed E-state index contributed by atoms with van der Waals surface area (Å²) in [4.78, 5) is 19.3. The minimum Gasteiger partial charge on any atom is -0.383 e. The molecule has 0 radical (unpaired) electrons. The number of halogens is 4. The van der Waals surface area contributed by atoms with Crippen molar-refractivity contribution in [1.29, 1.82) is 0 Å². The van der Waals surface area contributed by atoms with Gasteiger partial charge in [0.1, 0.15) is 22.4 Å². The molecular formula is C20H13ClF3N5O3S. The highest BCUT2D eigenvalue weighted by Gasteiger charge is 2.32. The highest BCUT2D eigenvalue weighted by atomic mass is 35.5. The minimum atomic E-state index is -4.73. The zero-order chi connectivity index (χ0) is 24.0. The molecule has 13 heteroatoms. The lowest BCUT2D eigenvalue weighted by Gasteiger charge is -2.14. The Kier molecular flexibility index (Phi) is 5.50. The van der Waals surface area contributed by atoms with Gasteiger partial charge < -0.3 is 10.3 Å². The molecule has 4 aromatic rings. The number of nitrogen functional groups attached to an aromatic ring is 1. The Morgan fingerprint density at radius 1 is 1.03 bits per heavy atom. The van der Waals surface area contributed by atoms with Crippen molar-refractivity contribution in [2.45, 2.75) is 11.1 Å². The van der Waals surface area contributed by atoms with Crippen LogP contribution in [0.3, 0.4) is 0 Å². The van der Waals surface area contributed by atoms with Crippen LogP contribution >= 0.6 is 11.6 Å². The molecule has 0 bridgehead atoms. The summed E-state index contributed by atoms with van der Waals surface area (Å²) in [6, 6.07) is 9.15. The van der Waals surface area contributed by atoms with E-state index in [1.807, 2.05) is 0 Å². The number of alkyl halides is 3. The second kappa shape index (κ2) is 8.05. The maximum absolute atomic E-state index is 13.0. The predicted molar refractivity (Wildman–Crippen MR) is 117 cm³/mol. The van der Waals surface area contributed by atoms with Crippen LogP contribution in [0.4, 0.5) is 24.7 Å². The molecule has 0 unspecified atom stereocenters. The molecule has 33 heavy (non-hydrogen) atoms. The Labute approximate surface area is 189 Å². The number of anilines is 2. The van der Waals surface area contributed by atoms with Crippen LogP contribution in [0.25, 0.3) is 16.7 Å². The molecule has 2 aromatic carbocycles. The van der Waals surface area contributed by atoms with Crippen molar-refractivity contribution in [3.05, 3.63) is 81.9 Å². The maximum atomic E-state index is 13.0. The summed E-state index contributed by atoms with van der Waals surface area (Å²) in [7, 11) is -4.42. The van der Waals surface area contributed by atoms with Gasteiger partial charge in [0, 0.05) is 23.6 Å². The Bertz CT molecular complexity index is 1540. The first-order valence-corrected chi connectivity index (χ1v) is 11.0. The van der Waals surface area contributed by atoms with Gasteiger partial charge in [-0.05, 0) is 42.5 Å². The van der Waals surface area contributed by atoms with Crippen LogP contribution in [0.5, 0.6) is 0 Å². The first-order chi connectivity index (χ1) is 15.5. The lowest BCUT2D eigenvalue weighted by molar-refractivity contribution is -0.137. The van der Waals surface area contributed by atoms with E-state index in [1.165, 1.54) is 42.9 Å². The fourth-order valence-corrected chi connectivity index (χ4v) is 4.68. The van der Waals surface area contributed by atoms with Gasteiger partial charge in [0.15, 0.2) is 11.1 Å². The second-order valence-electron chi connectivity index (χ2n) is 6.80. The summed E-state index contributed by atoms with van der Waals surface area (Å²) in [5.74, 6) is 0.0155. The molecule has 0 aliphatic heterocycles. The number of aromatic nitrogens is 3. The van der Waals surface area contributed by atoms with E-state index in [9.17, 15) is 26.4 Å². The molecule has 170 valence electrons. The number of nitrogens with zero attached hydrogens (tertiary/aromatic N) is 3. The van der Waals surface area contributed by atoms with E-state index in [4.69, 9.17) is 17.3 Å². The van der Waals surface area contributed by atoms with Gasteiger partial charge in [0.2, 0.25) is 0 Å². The highest BCUT2D eigenvalue weighted by molar-refractivity contribution is 7.92. The van der Waals surface area contributed by atoms with Crippen LogP contribution in [0.1, 0.15) is 5.56 Å². The lowest BCUT2D eigenvalue weighted by atomic mass is 10.2. The predicted octanol–water partition coefficient (Wildman–Crippen LogP) is 3.84. The zero-order valence-electron chi connectivity index (χ0n) is 16.3. The summed E-state index contributed by atoms with van der Waals surface area (Å²) >= 11 is 5.85. The number of hydrogen-bond acceptors (Lipinski definition) is 6. The number of pyridine rings is 1. The van der Waals surface area contributed by atoms with E-state index in [1.54, 1.807) is 4.57 Å². The van der Waals surface area contributed by atoms with E-state index >= 15 is 0 Å². The summed E-state index contributed by atoms with van der Waals surface area (Å²) in [5.41, 5.74) is 5.11. The second-order valence-corrected chi connectivity index (χ2v) is 8.86. The number of benzene rings is 2. The quantitative estimate of drug-likeness (QED) is 0.444. The van der Waals surface area contributed by atoms with Crippen LogP contribution in [0, 0.1) is 0 Å². The first-order valence-electron chi connectivity index (χ1n) is 9.09. The number of nitrogens with two attached hydrogens (primary N) is 1. The van der Waals surface area contributed by atoms with E-state index in [0.29, 0.717) is 17.8 Å². The smallest absolute Gasteiger partial charge is 0.383 e. The molecule has 3 N–H and O–H groups in total. The van der Waals surface area contributed by atoms with Crippen molar-refractivity contribution in [2.24, 2.45) is 0 Å². The SMILES string of the molecule is Nc1ncnc2c1c(=O)ccn2-c1ccc(NS(=O)(=O)c2cc(C(F)(F)F)ccc2Cl)cc1. The fraction of sp³-hybridized carbons (Fsp3) is 0.0500. The van der Waals surface area contributed by atoms with Gasteiger partial charge in [-0.15, -0.1) is 0 Å². The van der Waals surface area contributed by atoms with Gasteiger partial charge >= 0.3 is 6.18 Å². The molecule has 2 aromatic heterocycles. The van der Waals surface area contributed by atoms with Crippen LogP contribution in [0.15, 0.2) is 70.7 Å². The molecule has 0 amide bonds. The number of nitrogens with one attached hydrogen (secondary N) is 1. The lowest BCUT2D eigenvalue weighted by Crippen LogP contribution is -2.15. The van der Waals surface area contributed by atoms with Crippen molar-refractivity contribution in [3.63, 3.8) is 0 Å². The molecule has 0 spiro atoms. The Hall–Kier alpha value is -3.64. The summed E-state index contributed by atoms with van der Waals surface area (Å²) in [5, 5.41) is -0.229. The molecule has 0 aliphatic rings. The van der Waals surface area contributed by atoms with Gasteiger partial charge in [0.05, 0.1) is 10.6 Å². The summed E-state index contributed by atoms with van der Waals surface area (Å²) in [6.07, 6.45) is -2.06. The topological polar surface area (TPSA) is 120 Å². The minimum absolute atomic E-state index is 0.0155. The molecule has 0 aliphatic carbocycles. The molecule has 0 atom stereocenters. The van der Waals surface area contributed by atoms with Gasteiger partial charge in [-0.2, -0.15) is 13.2 Å². The summed E-state index contributed by atoms with van der Waals surface area (Å²) < 4.78 is 68.1. The Morgan fingerprint density at radius 2 is 1.73 bits per heavy atom. The van der Waals surface area contributed by atoms with Gasteiger partial charge in [-0.3, -0.25) is 9.52 Å². The Morgan fingerprint density at radius 3 is 2.39 bits per heavy atom. The van der Waals surface area contributed by atoms with Gasteiger partial charge in [-0.25, -0.2) is 18.4 Å². The molecule has 0 saturated heterocycles. The third kappa shape index (κ3) is 4.34. The average Bonchev–Trinajstić information content (AvgIpc) is 2.74. The number of rotatable bonds is 4. The van der Waals surface area contributed by atoms with Crippen molar-refractivity contribution >= 4 is 44.2 Å². The number of fused-ring (bicyclic) bond motifs is 1. The van der Waals surface area contributed by atoms with Crippen molar-refractivity contribution in [1.82, 2.24) is 14.5 Å². The number of hydrogen-bond donors (Lipinski definition) is 2. The van der Waals surface area contributed by atoms with Gasteiger partial charge in [0.25, 0.3) is 10.0 Å². The van der Waals surface area contributed by atoms with Crippen molar-refractivity contribution in [2.75, 3.05) is 10.5 Å². The molecule has 8 nitrogen and oxygen atoms in total. The van der Waals surface area contributed by atoms with E-state index in [0.717, 1.165) is 6.07 Å². The van der Waals surface area contributed by atoms with E-state index in [-0.39, 0.29) is 33.0 Å². The third-order valence-corrected chi connectivity index (χ3v) is 6.51. The maximum Gasteiger partial charge on any atom is 0.416 e. The summed E-state index contributed by atoms with van der Waals surface area (Å²) in [6.45, 7) is 0. The van der Waals surface area contributed by atoms with E-state index in [2.05, 4.69) is 14.7 Å². The van der Waals surface area contributed by atoms with Gasteiger partial charge in [-0.1, -0.05) is 11.6 Å². The van der Waals surface area contributed by atoms with Crippen molar-refractivity contribution < 1.29 is 21.6 Å². The molecule has 4 rings (SSSR count). The monoisotopic (exact) mass is 495 g/mol. The normalized spacial score (nSPS) is 12.1. The number of sulfonamides is 1. The molecule has 0 fully saturated rings. The van der Waals surface area contributed by atoms with Crippen LogP contribution in [-0.4, -0.2) is 23.0 Å². The molecule has 0 saturated carbocycles. The zero-order valence-corrected chi connectivity index (χ0v) is 17.9. The van der Waals surface area contributed by atoms with E-state index < -0.39 is 26.7 Å². The average molecular weight is 496 g/mol.